The van der Waals surface area contributed by atoms with Gasteiger partial charge < -0.3 is 19.2 Å². The number of likely N-dealkylation sites (tertiary alicyclic amines) is 1. The van der Waals surface area contributed by atoms with Gasteiger partial charge >= 0.3 is 0 Å². The van der Waals surface area contributed by atoms with Crippen LogP contribution in [0.2, 0.25) is 0 Å². The quantitative estimate of drug-likeness (QED) is 0.612. The van der Waals surface area contributed by atoms with Gasteiger partial charge in [0.05, 0.1) is 23.7 Å². The van der Waals surface area contributed by atoms with Crippen LogP contribution in [0.4, 0.5) is 0 Å². The lowest BCUT2D eigenvalue weighted by Gasteiger charge is -2.25. The number of nitrogens with zero attached hydrogens (tertiary/aromatic N) is 2. The molecule has 0 bridgehead atoms. The largest absolute Gasteiger partial charge is 0.494 e. The first kappa shape index (κ1) is 18.7. The number of H-pyrrole nitrogens is 1. The lowest BCUT2D eigenvalue weighted by Crippen LogP contribution is -2.30. The lowest BCUT2D eigenvalue weighted by molar-refractivity contribution is 0.0736. The summed E-state index contributed by atoms with van der Waals surface area (Å²) in [6, 6.07) is 14.0. The first-order chi connectivity index (χ1) is 13.6. The maximum absolute atomic E-state index is 13.3. The Labute approximate surface area is 169 Å². The van der Waals surface area contributed by atoms with Crippen LogP contribution in [-0.2, 0) is 6.54 Å². The minimum atomic E-state index is 0.0712. The van der Waals surface area contributed by atoms with Gasteiger partial charge in [0.15, 0.2) is 4.77 Å². The van der Waals surface area contributed by atoms with Crippen molar-refractivity contribution in [3.63, 3.8) is 0 Å². The minimum absolute atomic E-state index is 0.0712. The Bertz CT molecular complexity index is 1050. The summed E-state index contributed by atoms with van der Waals surface area (Å²) in [4.78, 5) is 18.5. The van der Waals surface area contributed by atoms with Crippen molar-refractivity contribution in [2.75, 3.05) is 13.2 Å². The molecule has 146 valence electrons. The van der Waals surface area contributed by atoms with E-state index in [1.807, 2.05) is 46.7 Å². The summed E-state index contributed by atoms with van der Waals surface area (Å²) < 4.78 is 8.26. The van der Waals surface area contributed by atoms with Gasteiger partial charge in [-0.3, -0.25) is 4.79 Å². The molecule has 1 aliphatic rings. The number of aromatic amines is 1. The predicted molar refractivity (Wildman–Crippen MR) is 113 cm³/mol. The fourth-order valence-corrected chi connectivity index (χ4v) is 4.42. The summed E-state index contributed by atoms with van der Waals surface area (Å²) >= 11 is 5.38. The number of rotatable bonds is 5. The summed E-state index contributed by atoms with van der Waals surface area (Å²) in [5, 5.41) is 0. The molecule has 1 aromatic heterocycles. The fourth-order valence-electron chi connectivity index (χ4n) is 4.09. The number of aryl methyl sites for hydroxylation is 1. The van der Waals surface area contributed by atoms with Gasteiger partial charge in [-0.2, -0.15) is 0 Å². The number of amides is 1. The third kappa shape index (κ3) is 3.33. The number of nitrogens with one attached hydrogen (secondary N) is 1. The Hall–Kier alpha value is -2.60. The third-order valence-corrected chi connectivity index (χ3v) is 5.75. The zero-order valence-electron chi connectivity index (χ0n) is 16.3. The van der Waals surface area contributed by atoms with Crippen LogP contribution < -0.4 is 4.74 Å². The highest BCUT2D eigenvalue weighted by atomic mass is 32.1. The fraction of sp³-hybridized carbons (Fsp3) is 0.364. The van der Waals surface area contributed by atoms with E-state index in [1.54, 1.807) is 0 Å². The van der Waals surface area contributed by atoms with E-state index >= 15 is 0 Å². The Morgan fingerprint density at radius 3 is 2.71 bits per heavy atom. The summed E-state index contributed by atoms with van der Waals surface area (Å²) in [7, 11) is 0. The second-order valence-corrected chi connectivity index (χ2v) is 7.45. The molecule has 1 aliphatic heterocycles. The van der Waals surface area contributed by atoms with Crippen molar-refractivity contribution < 1.29 is 9.53 Å². The summed E-state index contributed by atoms with van der Waals surface area (Å²) in [5.41, 5.74) is 3.81. The van der Waals surface area contributed by atoms with Crippen molar-refractivity contribution in [1.29, 1.82) is 0 Å². The standard InChI is InChI=1S/C22H25N3O2S/c1-3-24-20-12-9-16(14-18(20)23-22(24)28)21(26)25-13-5-6-19(25)15-7-10-17(11-8-15)27-4-2/h7-12,14,19H,3-6,13H2,1-2H3,(H,23,28)/t19-/m0/s1. The van der Waals surface area contributed by atoms with E-state index in [9.17, 15) is 4.79 Å². The van der Waals surface area contributed by atoms with E-state index in [-0.39, 0.29) is 11.9 Å². The first-order valence-electron chi connectivity index (χ1n) is 9.88. The monoisotopic (exact) mass is 395 g/mol. The smallest absolute Gasteiger partial charge is 0.254 e. The van der Waals surface area contributed by atoms with E-state index in [0.717, 1.165) is 48.3 Å². The molecular weight excluding hydrogens is 370 g/mol. The van der Waals surface area contributed by atoms with Gasteiger partial charge in [0.1, 0.15) is 5.75 Å². The number of imidazole rings is 1. The molecule has 2 aromatic carbocycles. The zero-order chi connectivity index (χ0) is 19.7. The zero-order valence-corrected chi connectivity index (χ0v) is 17.1. The molecule has 0 aliphatic carbocycles. The van der Waals surface area contributed by atoms with Crippen LogP contribution in [0, 0.1) is 4.77 Å². The average molecular weight is 396 g/mol. The van der Waals surface area contributed by atoms with E-state index in [0.29, 0.717) is 16.9 Å². The molecule has 0 unspecified atom stereocenters. The van der Waals surface area contributed by atoms with Crippen molar-refractivity contribution >= 4 is 29.2 Å². The molecule has 28 heavy (non-hydrogen) atoms. The number of aromatic nitrogens is 2. The minimum Gasteiger partial charge on any atom is -0.494 e. The Morgan fingerprint density at radius 1 is 1.21 bits per heavy atom. The van der Waals surface area contributed by atoms with Crippen molar-refractivity contribution in [1.82, 2.24) is 14.5 Å². The summed E-state index contributed by atoms with van der Waals surface area (Å²) in [6.07, 6.45) is 2.00. The highest BCUT2D eigenvalue weighted by Crippen LogP contribution is 2.34. The highest BCUT2D eigenvalue weighted by molar-refractivity contribution is 7.71. The normalized spacial score (nSPS) is 16.6. The van der Waals surface area contributed by atoms with Crippen molar-refractivity contribution in [2.24, 2.45) is 0 Å². The molecule has 1 amide bonds. The van der Waals surface area contributed by atoms with Crippen LogP contribution in [0.5, 0.6) is 5.75 Å². The molecule has 0 spiro atoms. The number of hydrogen-bond donors (Lipinski definition) is 1. The molecule has 0 saturated carbocycles. The molecule has 1 atom stereocenters. The van der Waals surface area contributed by atoms with Gasteiger partial charge in [-0.15, -0.1) is 0 Å². The van der Waals surface area contributed by atoms with Crippen LogP contribution in [-0.4, -0.2) is 33.5 Å². The van der Waals surface area contributed by atoms with E-state index < -0.39 is 0 Å². The van der Waals surface area contributed by atoms with E-state index in [1.165, 1.54) is 0 Å². The van der Waals surface area contributed by atoms with E-state index in [2.05, 4.69) is 24.0 Å². The van der Waals surface area contributed by atoms with Gasteiger partial charge in [0, 0.05) is 18.7 Å². The number of benzene rings is 2. The summed E-state index contributed by atoms with van der Waals surface area (Å²) in [6.45, 7) is 6.27. The first-order valence-corrected chi connectivity index (χ1v) is 10.3. The molecular formula is C22H25N3O2S. The molecule has 2 heterocycles. The topological polar surface area (TPSA) is 50.3 Å². The van der Waals surface area contributed by atoms with Crippen molar-refractivity contribution in [3.05, 3.63) is 58.4 Å². The maximum atomic E-state index is 13.3. The van der Waals surface area contributed by atoms with Gasteiger partial charge in [0.25, 0.3) is 5.91 Å². The Morgan fingerprint density at radius 2 is 2.00 bits per heavy atom. The summed E-state index contributed by atoms with van der Waals surface area (Å²) in [5.74, 6) is 0.935. The SMILES string of the molecule is CCOc1ccc([C@@H]2CCCN2C(=O)c2ccc3c(c2)[nH]c(=S)n3CC)cc1. The third-order valence-electron chi connectivity index (χ3n) is 5.43. The Kier molecular flexibility index (Phi) is 5.22. The maximum Gasteiger partial charge on any atom is 0.254 e. The van der Waals surface area contributed by atoms with Crippen molar-refractivity contribution in [2.45, 2.75) is 39.3 Å². The molecule has 6 heteroatoms. The van der Waals surface area contributed by atoms with E-state index in [4.69, 9.17) is 17.0 Å². The molecule has 3 aromatic rings. The van der Waals surface area contributed by atoms with Crippen LogP contribution in [0.3, 0.4) is 0 Å². The van der Waals surface area contributed by atoms with Gasteiger partial charge in [-0.1, -0.05) is 12.1 Å². The number of carbonyl (C=O) groups is 1. The number of ether oxygens (including phenoxy) is 1. The molecule has 1 fully saturated rings. The molecule has 5 nitrogen and oxygen atoms in total. The Balaban J connectivity index is 1.61. The van der Waals surface area contributed by atoms with Crippen LogP contribution in [0.25, 0.3) is 11.0 Å². The molecule has 1 N–H and O–H groups in total. The van der Waals surface area contributed by atoms with Crippen LogP contribution in [0.15, 0.2) is 42.5 Å². The highest BCUT2D eigenvalue weighted by Gasteiger charge is 2.30. The van der Waals surface area contributed by atoms with Crippen LogP contribution in [0.1, 0.15) is 48.7 Å². The molecule has 1 saturated heterocycles. The number of carbonyl (C=O) groups excluding carboxylic acids is 1. The van der Waals surface area contributed by atoms with Gasteiger partial charge in [0.2, 0.25) is 0 Å². The number of hydrogen-bond acceptors (Lipinski definition) is 3. The van der Waals surface area contributed by atoms with Gasteiger partial charge in [-0.05, 0) is 74.8 Å². The van der Waals surface area contributed by atoms with Gasteiger partial charge in [-0.25, -0.2) is 0 Å². The second kappa shape index (κ2) is 7.80. The van der Waals surface area contributed by atoms with Crippen LogP contribution >= 0.6 is 12.2 Å². The second-order valence-electron chi connectivity index (χ2n) is 7.06. The lowest BCUT2D eigenvalue weighted by atomic mass is 10.0. The average Bonchev–Trinajstić information content (AvgIpc) is 3.31. The molecule has 4 rings (SSSR count). The van der Waals surface area contributed by atoms with Crippen molar-refractivity contribution in [3.8, 4) is 5.75 Å². The predicted octanol–water partition coefficient (Wildman–Crippen LogP) is 5.09. The molecule has 0 radical (unpaired) electrons. The number of fused-ring (bicyclic) bond motifs is 1.